The number of alkyl halides is 3. The Morgan fingerprint density at radius 1 is 0.968 bits per heavy atom. The second kappa shape index (κ2) is 7.62. The maximum atomic E-state index is 13.6. The molecule has 5 rings (SSSR count). The van der Waals surface area contributed by atoms with Crippen LogP contribution >= 0.6 is 0 Å². The van der Waals surface area contributed by atoms with Crippen LogP contribution in [0.25, 0.3) is 0 Å². The number of piperazine rings is 1. The van der Waals surface area contributed by atoms with Crippen molar-refractivity contribution in [3.8, 4) is 0 Å². The fraction of sp³-hybridized carbons (Fsp3) is 0.458. The van der Waals surface area contributed by atoms with Gasteiger partial charge in [0.15, 0.2) is 0 Å². The van der Waals surface area contributed by atoms with Crippen molar-refractivity contribution in [1.29, 1.82) is 0 Å². The quantitative estimate of drug-likeness (QED) is 0.678. The summed E-state index contributed by atoms with van der Waals surface area (Å²) in [7, 11) is 0. The predicted molar refractivity (Wildman–Crippen MR) is 108 cm³/mol. The highest BCUT2D eigenvalue weighted by Crippen LogP contribution is 2.36. The molecule has 2 bridgehead atoms. The molecule has 0 saturated carbocycles. The molecule has 0 N–H and O–H groups in total. The zero-order valence-electron chi connectivity index (χ0n) is 17.0. The molecule has 0 radical (unpaired) electrons. The van der Waals surface area contributed by atoms with Crippen LogP contribution in [-0.4, -0.2) is 46.9 Å². The molecule has 2 saturated heterocycles. The first kappa shape index (κ1) is 20.5. The number of carbonyl (C=O) groups is 1. The van der Waals surface area contributed by atoms with Gasteiger partial charge in [-0.2, -0.15) is 13.2 Å². The van der Waals surface area contributed by atoms with Crippen LogP contribution in [-0.2, 0) is 30.2 Å². The van der Waals surface area contributed by atoms with E-state index in [-0.39, 0.29) is 24.2 Å². The molecule has 164 valence electrons. The molecular weight excluding hydrogens is 408 g/mol. The van der Waals surface area contributed by atoms with Gasteiger partial charge in [-0.1, -0.05) is 18.2 Å². The lowest BCUT2D eigenvalue weighted by molar-refractivity contribution is -0.137. The molecule has 3 aliphatic rings. The Labute approximate surface area is 178 Å². The normalized spacial score (nSPS) is 25.7. The molecule has 31 heavy (non-hydrogen) atoms. The second-order valence-electron chi connectivity index (χ2n) is 8.97. The number of likely N-dealkylation sites (tertiary alicyclic amines) is 2. The minimum atomic E-state index is -4.37. The van der Waals surface area contributed by atoms with Gasteiger partial charge in [0.1, 0.15) is 5.82 Å². The first-order valence-electron chi connectivity index (χ1n) is 10.8. The molecule has 2 fully saturated rings. The monoisotopic (exact) mass is 432 g/mol. The number of rotatable bonds is 3. The highest BCUT2D eigenvalue weighted by Gasteiger charge is 2.47. The fourth-order valence-electron chi connectivity index (χ4n) is 5.53. The minimum absolute atomic E-state index is 0.0250. The number of hydrogen-bond donors (Lipinski definition) is 0. The molecular formula is C24H24F4N2O. The van der Waals surface area contributed by atoms with E-state index in [4.69, 9.17) is 0 Å². The maximum Gasteiger partial charge on any atom is 0.416 e. The van der Waals surface area contributed by atoms with E-state index in [0.717, 1.165) is 49.9 Å². The summed E-state index contributed by atoms with van der Waals surface area (Å²) in [6.45, 7) is 1.48. The number of hydrogen-bond acceptors (Lipinski definition) is 2. The van der Waals surface area contributed by atoms with E-state index < -0.39 is 11.7 Å². The van der Waals surface area contributed by atoms with Gasteiger partial charge in [0.2, 0.25) is 5.91 Å². The second-order valence-corrected chi connectivity index (χ2v) is 8.97. The molecule has 2 aliphatic heterocycles. The van der Waals surface area contributed by atoms with E-state index >= 15 is 0 Å². The molecule has 1 amide bonds. The van der Waals surface area contributed by atoms with E-state index in [1.807, 2.05) is 11.0 Å². The topological polar surface area (TPSA) is 23.6 Å². The third-order valence-electron chi connectivity index (χ3n) is 7.08. The van der Waals surface area contributed by atoms with Crippen molar-refractivity contribution < 1.29 is 22.4 Å². The molecule has 3 nitrogen and oxygen atoms in total. The van der Waals surface area contributed by atoms with Crippen molar-refractivity contribution in [2.75, 3.05) is 13.1 Å². The Morgan fingerprint density at radius 3 is 2.42 bits per heavy atom. The summed E-state index contributed by atoms with van der Waals surface area (Å²) in [5.41, 5.74) is 2.22. The van der Waals surface area contributed by atoms with Crippen LogP contribution in [0.4, 0.5) is 17.6 Å². The molecule has 1 aliphatic carbocycles. The Morgan fingerprint density at radius 2 is 1.74 bits per heavy atom. The summed E-state index contributed by atoms with van der Waals surface area (Å²) in [6, 6.07) is 10.7. The van der Waals surface area contributed by atoms with Gasteiger partial charge in [-0.3, -0.25) is 9.69 Å². The van der Waals surface area contributed by atoms with Crippen LogP contribution < -0.4 is 0 Å². The third-order valence-corrected chi connectivity index (χ3v) is 7.08. The van der Waals surface area contributed by atoms with Gasteiger partial charge in [0.25, 0.3) is 0 Å². The van der Waals surface area contributed by atoms with Crippen LogP contribution in [0.3, 0.4) is 0 Å². The number of halogens is 4. The first-order valence-corrected chi connectivity index (χ1v) is 10.8. The number of aryl methyl sites for hydroxylation is 1. The van der Waals surface area contributed by atoms with Gasteiger partial charge in [-0.25, -0.2) is 4.39 Å². The van der Waals surface area contributed by atoms with Crippen molar-refractivity contribution >= 4 is 5.91 Å². The Hall–Kier alpha value is -2.41. The molecule has 2 heterocycles. The van der Waals surface area contributed by atoms with Crippen molar-refractivity contribution in [3.05, 3.63) is 70.5 Å². The summed E-state index contributed by atoms with van der Waals surface area (Å²) in [5, 5.41) is 0. The van der Waals surface area contributed by atoms with Gasteiger partial charge in [-0.15, -0.1) is 0 Å². The smallest absolute Gasteiger partial charge is 0.337 e. The molecule has 3 atom stereocenters. The highest BCUT2D eigenvalue weighted by molar-refractivity contribution is 5.79. The molecule has 0 spiro atoms. The number of fused-ring (bicyclic) bond motifs is 3. The summed E-state index contributed by atoms with van der Waals surface area (Å²) in [6.07, 6.45) is -0.476. The highest BCUT2D eigenvalue weighted by atomic mass is 19.4. The number of carbonyl (C=O) groups excluding carboxylic acids is 1. The van der Waals surface area contributed by atoms with E-state index in [9.17, 15) is 22.4 Å². The van der Waals surface area contributed by atoms with Crippen LogP contribution in [0.15, 0.2) is 42.5 Å². The van der Waals surface area contributed by atoms with Gasteiger partial charge in [0.05, 0.1) is 12.0 Å². The van der Waals surface area contributed by atoms with Crippen molar-refractivity contribution in [2.45, 2.75) is 56.4 Å². The molecule has 2 aromatic carbocycles. The zero-order chi connectivity index (χ0) is 21.8. The predicted octanol–water partition coefficient (Wildman–Crippen LogP) is 4.23. The lowest BCUT2D eigenvalue weighted by Gasteiger charge is -2.41. The zero-order valence-corrected chi connectivity index (χ0v) is 17.0. The van der Waals surface area contributed by atoms with Crippen LogP contribution in [0, 0.1) is 5.82 Å². The number of amides is 1. The van der Waals surface area contributed by atoms with Crippen LogP contribution in [0.2, 0.25) is 0 Å². The van der Waals surface area contributed by atoms with Gasteiger partial charge in [0, 0.05) is 31.2 Å². The maximum absolute atomic E-state index is 13.6. The van der Waals surface area contributed by atoms with Gasteiger partial charge < -0.3 is 4.90 Å². The largest absolute Gasteiger partial charge is 0.416 e. The van der Waals surface area contributed by atoms with Crippen molar-refractivity contribution in [1.82, 2.24) is 9.80 Å². The summed E-state index contributed by atoms with van der Waals surface area (Å²) in [5.74, 6) is -0.217. The molecule has 7 heteroatoms. The Bertz CT molecular complexity index is 988. The van der Waals surface area contributed by atoms with Crippen LogP contribution in [0.5, 0.6) is 0 Å². The van der Waals surface area contributed by atoms with Crippen molar-refractivity contribution in [3.63, 3.8) is 0 Å². The fourth-order valence-corrected chi connectivity index (χ4v) is 5.53. The van der Waals surface area contributed by atoms with E-state index in [1.54, 1.807) is 6.07 Å². The van der Waals surface area contributed by atoms with E-state index in [1.165, 1.54) is 23.8 Å². The van der Waals surface area contributed by atoms with Crippen LogP contribution in [0.1, 0.15) is 35.1 Å². The summed E-state index contributed by atoms with van der Waals surface area (Å²) >= 11 is 0. The molecule has 3 unspecified atom stereocenters. The number of benzene rings is 2. The van der Waals surface area contributed by atoms with E-state index in [0.29, 0.717) is 24.2 Å². The summed E-state index contributed by atoms with van der Waals surface area (Å²) in [4.78, 5) is 17.2. The average Bonchev–Trinajstić information content (AvgIpc) is 3.34. The first-order chi connectivity index (χ1) is 14.8. The van der Waals surface area contributed by atoms with E-state index in [2.05, 4.69) is 4.90 Å². The SMILES string of the molecule is O=C(Cc1ccc(C(F)(F)F)cc1)N1CC2CC1CN2C1CCc2ccc(F)cc2C1. The standard InChI is InChI=1S/C24H24F4N2O/c25-19-7-3-16-4-8-20(11-17(16)10-19)29-13-22-12-21(29)14-30(22)23(31)9-15-1-5-18(6-2-15)24(26,27)28/h1-3,5-7,10,20-22H,4,8-9,11-14H2. The lowest BCUT2D eigenvalue weighted by Crippen LogP contribution is -2.53. The lowest BCUT2D eigenvalue weighted by atomic mass is 9.87. The number of nitrogens with zero attached hydrogens (tertiary/aromatic N) is 2. The summed E-state index contributed by atoms with van der Waals surface area (Å²) < 4.78 is 51.8. The molecule has 2 aromatic rings. The third kappa shape index (κ3) is 3.95. The minimum Gasteiger partial charge on any atom is -0.337 e. The Balaban J connectivity index is 1.20. The van der Waals surface area contributed by atoms with Gasteiger partial charge >= 0.3 is 6.18 Å². The Kier molecular flexibility index (Phi) is 5.04. The molecule has 0 aromatic heterocycles. The van der Waals surface area contributed by atoms with Crippen molar-refractivity contribution in [2.24, 2.45) is 0 Å². The van der Waals surface area contributed by atoms with Gasteiger partial charge in [-0.05, 0) is 66.6 Å². The average molecular weight is 432 g/mol.